The Morgan fingerprint density at radius 1 is 0.867 bits per heavy atom. The smallest absolute Gasteiger partial charge is 0.210 e. The lowest BCUT2D eigenvalue weighted by Gasteiger charge is -2.06. The lowest BCUT2D eigenvalue weighted by Crippen LogP contribution is -1.92. The van der Waals surface area contributed by atoms with Crippen molar-refractivity contribution in [2.24, 2.45) is 4.99 Å². The summed E-state index contributed by atoms with van der Waals surface area (Å²) in [6.45, 7) is 2.08. The molecule has 0 atom stereocenters. The molecule has 0 saturated heterocycles. The second-order valence-electron chi connectivity index (χ2n) is 6.77. The predicted molar refractivity (Wildman–Crippen MR) is 125 cm³/mol. The molecule has 0 fully saturated rings. The summed E-state index contributed by atoms with van der Waals surface area (Å²) in [6, 6.07) is 24.4. The van der Waals surface area contributed by atoms with E-state index in [2.05, 4.69) is 48.3 Å². The Morgan fingerprint density at radius 3 is 2.33 bits per heavy atom. The van der Waals surface area contributed by atoms with Gasteiger partial charge in [-0.1, -0.05) is 71.5 Å². The van der Waals surface area contributed by atoms with E-state index in [1.165, 1.54) is 5.56 Å². The number of ether oxygens (including phenoxy) is 2. The zero-order chi connectivity index (χ0) is 20.9. The van der Waals surface area contributed by atoms with Crippen molar-refractivity contribution in [1.82, 2.24) is 4.98 Å². The van der Waals surface area contributed by atoms with Gasteiger partial charge in [-0.3, -0.25) is 0 Å². The van der Waals surface area contributed by atoms with Crippen LogP contribution in [0, 0.1) is 6.92 Å². The second-order valence-corrected chi connectivity index (χ2v) is 7.75. The van der Waals surface area contributed by atoms with Crippen LogP contribution in [0.4, 0.5) is 5.13 Å². The first-order valence-electron chi connectivity index (χ1n) is 9.57. The Bertz CT molecular complexity index is 1170. The minimum Gasteiger partial charge on any atom is -0.497 e. The summed E-state index contributed by atoms with van der Waals surface area (Å²) in [5.41, 5.74) is 5.25. The fraction of sp³-hybridized carbons (Fsp3) is 0.120. The molecule has 0 N–H and O–H groups in total. The molecule has 30 heavy (non-hydrogen) atoms. The van der Waals surface area contributed by atoms with Crippen LogP contribution in [0.25, 0.3) is 21.7 Å². The Labute approximate surface area is 180 Å². The van der Waals surface area contributed by atoms with Crippen molar-refractivity contribution >= 4 is 22.7 Å². The molecular weight excluding hydrogens is 392 g/mol. The minimum absolute atomic E-state index is 0.697. The average molecular weight is 415 g/mol. The maximum Gasteiger partial charge on any atom is 0.210 e. The first-order valence-corrected chi connectivity index (χ1v) is 10.4. The van der Waals surface area contributed by atoms with E-state index in [0.29, 0.717) is 10.9 Å². The summed E-state index contributed by atoms with van der Waals surface area (Å²) in [4.78, 5) is 10.6. The third-order valence-electron chi connectivity index (χ3n) is 4.73. The first-order chi connectivity index (χ1) is 14.7. The van der Waals surface area contributed by atoms with Crippen LogP contribution in [-0.2, 0) is 0 Å². The van der Waals surface area contributed by atoms with Gasteiger partial charge in [0.25, 0.3) is 0 Å². The van der Waals surface area contributed by atoms with E-state index < -0.39 is 0 Å². The van der Waals surface area contributed by atoms with Gasteiger partial charge in [-0.05, 0) is 24.6 Å². The van der Waals surface area contributed by atoms with Crippen molar-refractivity contribution in [2.75, 3.05) is 14.2 Å². The van der Waals surface area contributed by atoms with E-state index in [1.807, 2.05) is 36.4 Å². The lowest BCUT2D eigenvalue weighted by molar-refractivity contribution is 0.394. The van der Waals surface area contributed by atoms with Crippen molar-refractivity contribution in [1.29, 1.82) is 0 Å². The topological polar surface area (TPSA) is 43.7 Å². The van der Waals surface area contributed by atoms with Gasteiger partial charge in [-0.25, -0.2) is 9.98 Å². The monoisotopic (exact) mass is 414 g/mol. The first kappa shape index (κ1) is 19.9. The third-order valence-corrected chi connectivity index (χ3v) is 5.74. The van der Waals surface area contributed by atoms with E-state index >= 15 is 0 Å². The molecular formula is C25H22N2O2S. The normalized spacial score (nSPS) is 11.0. The predicted octanol–water partition coefficient (Wildman–Crippen LogP) is 6.55. The Morgan fingerprint density at radius 2 is 1.63 bits per heavy atom. The Balaban J connectivity index is 1.74. The van der Waals surface area contributed by atoms with Gasteiger partial charge in [0, 0.05) is 23.4 Å². The van der Waals surface area contributed by atoms with Crippen molar-refractivity contribution in [2.45, 2.75) is 6.92 Å². The van der Waals surface area contributed by atoms with Gasteiger partial charge in [0.05, 0.1) is 24.8 Å². The molecule has 0 saturated carbocycles. The van der Waals surface area contributed by atoms with Crippen LogP contribution < -0.4 is 9.47 Å². The molecule has 0 aliphatic heterocycles. The number of methoxy groups -OCH3 is 2. The van der Waals surface area contributed by atoms with Crippen LogP contribution in [0.3, 0.4) is 0 Å². The Kier molecular flexibility index (Phi) is 5.91. The van der Waals surface area contributed by atoms with Crippen LogP contribution in [0.1, 0.15) is 11.1 Å². The number of hydrogen-bond donors (Lipinski definition) is 0. The van der Waals surface area contributed by atoms with Crippen molar-refractivity contribution in [3.63, 3.8) is 0 Å². The molecule has 0 unspecified atom stereocenters. The molecule has 0 radical (unpaired) electrons. The molecule has 5 heteroatoms. The quantitative estimate of drug-likeness (QED) is 0.336. The van der Waals surface area contributed by atoms with Crippen LogP contribution >= 0.6 is 11.3 Å². The van der Waals surface area contributed by atoms with E-state index in [4.69, 9.17) is 14.5 Å². The number of thiazole rings is 1. The highest BCUT2D eigenvalue weighted by atomic mass is 32.1. The molecule has 0 spiro atoms. The SMILES string of the molecule is COc1ccc(C=Nc2nc(-c3ccc(C)cc3)c(-c3ccccc3)s2)c(OC)c1. The molecule has 0 aliphatic rings. The molecule has 4 nitrogen and oxygen atoms in total. The number of aromatic nitrogens is 1. The van der Waals surface area contributed by atoms with Crippen molar-refractivity contribution in [3.05, 3.63) is 83.9 Å². The van der Waals surface area contributed by atoms with E-state index in [-0.39, 0.29) is 0 Å². The highest BCUT2D eigenvalue weighted by Crippen LogP contribution is 2.40. The summed E-state index contributed by atoms with van der Waals surface area (Å²) in [7, 11) is 3.27. The molecule has 1 aromatic heterocycles. The molecule has 150 valence electrons. The maximum absolute atomic E-state index is 5.47. The second kappa shape index (κ2) is 8.93. The minimum atomic E-state index is 0.697. The summed E-state index contributed by atoms with van der Waals surface area (Å²) < 4.78 is 10.7. The zero-order valence-electron chi connectivity index (χ0n) is 17.1. The van der Waals surface area contributed by atoms with E-state index in [0.717, 1.165) is 33.0 Å². The fourth-order valence-electron chi connectivity index (χ4n) is 3.11. The Hall–Kier alpha value is -3.44. The third kappa shape index (κ3) is 4.26. The number of aryl methyl sites for hydroxylation is 1. The average Bonchev–Trinajstić information content (AvgIpc) is 3.23. The molecule has 3 aromatic carbocycles. The molecule has 0 bridgehead atoms. The highest BCUT2D eigenvalue weighted by Gasteiger charge is 2.14. The fourth-order valence-corrected chi connectivity index (χ4v) is 4.05. The van der Waals surface area contributed by atoms with Crippen LogP contribution in [0.2, 0.25) is 0 Å². The number of hydrogen-bond acceptors (Lipinski definition) is 5. The zero-order valence-corrected chi connectivity index (χ0v) is 17.9. The van der Waals surface area contributed by atoms with Gasteiger partial charge in [0.2, 0.25) is 5.13 Å². The van der Waals surface area contributed by atoms with Gasteiger partial charge in [-0.15, -0.1) is 0 Å². The van der Waals surface area contributed by atoms with E-state index in [9.17, 15) is 0 Å². The lowest BCUT2D eigenvalue weighted by atomic mass is 10.1. The maximum atomic E-state index is 5.47. The van der Waals surface area contributed by atoms with Crippen LogP contribution in [0.5, 0.6) is 11.5 Å². The summed E-state index contributed by atoms with van der Waals surface area (Å²) in [5.74, 6) is 1.45. The van der Waals surface area contributed by atoms with Crippen molar-refractivity contribution < 1.29 is 9.47 Å². The molecule has 1 heterocycles. The molecule has 4 rings (SSSR count). The number of nitrogens with zero attached hydrogens (tertiary/aromatic N) is 2. The molecule has 4 aromatic rings. The largest absolute Gasteiger partial charge is 0.497 e. The van der Waals surface area contributed by atoms with Crippen LogP contribution in [-0.4, -0.2) is 25.4 Å². The van der Waals surface area contributed by atoms with Crippen molar-refractivity contribution in [3.8, 4) is 33.2 Å². The highest BCUT2D eigenvalue weighted by molar-refractivity contribution is 7.19. The van der Waals surface area contributed by atoms with Gasteiger partial charge < -0.3 is 9.47 Å². The van der Waals surface area contributed by atoms with Crippen LogP contribution in [0.15, 0.2) is 77.8 Å². The summed E-state index contributed by atoms with van der Waals surface area (Å²) in [6.07, 6.45) is 1.78. The van der Waals surface area contributed by atoms with Gasteiger partial charge in [0.15, 0.2) is 0 Å². The number of rotatable bonds is 6. The van der Waals surface area contributed by atoms with Gasteiger partial charge >= 0.3 is 0 Å². The van der Waals surface area contributed by atoms with Gasteiger partial charge in [0.1, 0.15) is 11.5 Å². The number of aliphatic imine (C=N–C) groups is 1. The molecule has 0 aliphatic carbocycles. The summed E-state index contributed by atoms with van der Waals surface area (Å²) >= 11 is 1.58. The standard InChI is InChI=1S/C25H22N2O2S/c1-17-9-11-18(12-10-17)23-24(19-7-5-4-6-8-19)30-25(27-23)26-16-20-13-14-21(28-2)15-22(20)29-3/h4-16H,1-3H3. The number of benzene rings is 3. The van der Waals surface area contributed by atoms with Gasteiger partial charge in [-0.2, -0.15) is 0 Å². The van der Waals surface area contributed by atoms with E-state index in [1.54, 1.807) is 31.8 Å². The summed E-state index contributed by atoms with van der Waals surface area (Å²) in [5, 5.41) is 0.697. The molecule has 0 amide bonds.